The van der Waals surface area contributed by atoms with Gasteiger partial charge in [-0.2, -0.15) is 0 Å². The van der Waals surface area contributed by atoms with E-state index in [0.717, 1.165) is 26.0 Å². The molecule has 1 rings (SSSR count). The molecule has 0 aromatic carbocycles. The van der Waals surface area contributed by atoms with E-state index in [1.807, 2.05) is 12.2 Å². The molecule has 0 amide bonds. The summed E-state index contributed by atoms with van der Waals surface area (Å²) in [6.07, 6.45) is 6.08. The van der Waals surface area contributed by atoms with Gasteiger partial charge in [0, 0.05) is 12.6 Å². The maximum absolute atomic E-state index is 5.60. The quantitative estimate of drug-likeness (QED) is 0.641. The predicted octanol–water partition coefficient (Wildman–Crippen LogP) is 1.50. The summed E-state index contributed by atoms with van der Waals surface area (Å²) < 4.78 is 5.60. The van der Waals surface area contributed by atoms with Crippen LogP contribution in [0.15, 0.2) is 25.3 Å². The van der Waals surface area contributed by atoms with Gasteiger partial charge in [0.05, 0.1) is 12.7 Å². The fourth-order valence-corrected chi connectivity index (χ4v) is 1.36. The van der Waals surface area contributed by atoms with E-state index in [-0.39, 0.29) is 0 Å². The highest BCUT2D eigenvalue weighted by Gasteiger charge is 2.18. The van der Waals surface area contributed by atoms with Crippen LogP contribution >= 0.6 is 0 Å². The number of morpholine rings is 1. The molecule has 12 heavy (non-hydrogen) atoms. The maximum atomic E-state index is 5.60. The summed E-state index contributed by atoms with van der Waals surface area (Å²) in [5.41, 5.74) is 0. The monoisotopic (exact) mass is 167 g/mol. The molecule has 1 N–H and O–H groups in total. The smallest absolute Gasteiger partial charge is 0.0734 e. The second kappa shape index (κ2) is 5.12. The molecule has 0 bridgehead atoms. The molecule has 1 aliphatic rings. The van der Waals surface area contributed by atoms with Gasteiger partial charge in [0.1, 0.15) is 0 Å². The van der Waals surface area contributed by atoms with Crippen LogP contribution in [0, 0.1) is 0 Å². The minimum Gasteiger partial charge on any atom is -0.375 e. The first-order chi connectivity index (χ1) is 5.86. The first-order valence-electron chi connectivity index (χ1n) is 4.43. The molecule has 68 valence electrons. The third-order valence-electron chi connectivity index (χ3n) is 2.05. The molecule has 2 heteroatoms. The van der Waals surface area contributed by atoms with Crippen LogP contribution in [0.3, 0.4) is 0 Å². The topological polar surface area (TPSA) is 21.3 Å². The zero-order valence-corrected chi connectivity index (χ0v) is 7.46. The predicted molar refractivity (Wildman–Crippen MR) is 51.2 cm³/mol. The second-order valence-corrected chi connectivity index (χ2v) is 3.11. The largest absolute Gasteiger partial charge is 0.375 e. The molecule has 1 saturated heterocycles. The van der Waals surface area contributed by atoms with Crippen LogP contribution in [0.25, 0.3) is 0 Å². The van der Waals surface area contributed by atoms with E-state index in [9.17, 15) is 0 Å². The summed E-state index contributed by atoms with van der Waals surface area (Å²) in [6, 6.07) is 0.462. The van der Waals surface area contributed by atoms with Crippen LogP contribution in [0.2, 0.25) is 0 Å². The maximum Gasteiger partial charge on any atom is 0.0734 e. The summed E-state index contributed by atoms with van der Waals surface area (Å²) in [7, 11) is 0. The summed E-state index contributed by atoms with van der Waals surface area (Å²) in [5.74, 6) is 0. The lowest BCUT2D eigenvalue weighted by molar-refractivity contribution is 0.00707. The molecule has 2 atom stereocenters. The molecule has 1 heterocycles. The Bertz CT molecular complexity index is 130. The van der Waals surface area contributed by atoms with Crippen molar-refractivity contribution in [2.75, 3.05) is 13.2 Å². The Morgan fingerprint density at radius 3 is 2.58 bits per heavy atom. The van der Waals surface area contributed by atoms with Gasteiger partial charge in [0.25, 0.3) is 0 Å². The van der Waals surface area contributed by atoms with Gasteiger partial charge in [0.15, 0.2) is 0 Å². The molecule has 2 nitrogen and oxygen atoms in total. The highest BCUT2D eigenvalue weighted by atomic mass is 16.5. The van der Waals surface area contributed by atoms with Gasteiger partial charge in [0.2, 0.25) is 0 Å². The van der Waals surface area contributed by atoms with Crippen molar-refractivity contribution in [2.45, 2.75) is 25.0 Å². The van der Waals surface area contributed by atoms with E-state index in [2.05, 4.69) is 18.5 Å². The lowest BCUT2D eigenvalue weighted by atomic mass is 10.1. The number of hydrogen-bond donors (Lipinski definition) is 1. The lowest BCUT2D eigenvalue weighted by Crippen LogP contribution is -2.45. The van der Waals surface area contributed by atoms with Crippen LogP contribution in [-0.2, 0) is 4.74 Å². The van der Waals surface area contributed by atoms with Crippen LogP contribution in [0.1, 0.15) is 12.8 Å². The lowest BCUT2D eigenvalue weighted by Gasteiger charge is -2.29. The number of nitrogens with one attached hydrogen (secondary N) is 1. The van der Waals surface area contributed by atoms with Gasteiger partial charge in [-0.25, -0.2) is 0 Å². The van der Waals surface area contributed by atoms with Crippen molar-refractivity contribution in [3.05, 3.63) is 25.3 Å². The number of hydrogen-bond acceptors (Lipinski definition) is 2. The molecular weight excluding hydrogens is 150 g/mol. The molecule has 1 fully saturated rings. The number of ether oxygens (including phenoxy) is 1. The molecule has 0 spiro atoms. The third kappa shape index (κ3) is 2.80. The van der Waals surface area contributed by atoms with Gasteiger partial charge >= 0.3 is 0 Å². The fraction of sp³-hybridized carbons (Fsp3) is 0.600. The molecule has 2 unspecified atom stereocenters. The molecule has 0 radical (unpaired) electrons. The van der Waals surface area contributed by atoms with Gasteiger partial charge in [-0.05, 0) is 12.8 Å². The van der Waals surface area contributed by atoms with E-state index in [1.54, 1.807) is 0 Å². The Labute approximate surface area is 74.3 Å². The van der Waals surface area contributed by atoms with Crippen molar-refractivity contribution in [3.8, 4) is 0 Å². The second-order valence-electron chi connectivity index (χ2n) is 3.11. The van der Waals surface area contributed by atoms with E-state index in [4.69, 9.17) is 4.74 Å². The Morgan fingerprint density at radius 2 is 2.08 bits per heavy atom. The van der Waals surface area contributed by atoms with Gasteiger partial charge in [-0.3, -0.25) is 0 Å². The fourth-order valence-electron chi connectivity index (χ4n) is 1.36. The summed E-state index contributed by atoms with van der Waals surface area (Å²) >= 11 is 0. The van der Waals surface area contributed by atoms with Gasteiger partial charge < -0.3 is 10.1 Å². The van der Waals surface area contributed by atoms with Crippen molar-refractivity contribution >= 4 is 0 Å². The van der Waals surface area contributed by atoms with Crippen LogP contribution < -0.4 is 5.32 Å². The average molecular weight is 167 g/mol. The van der Waals surface area contributed by atoms with Crippen molar-refractivity contribution in [3.63, 3.8) is 0 Å². The molecule has 0 aromatic rings. The van der Waals surface area contributed by atoms with E-state index in [0.29, 0.717) is 12.1 Å². The minimum atomic E-state index is 0.323. The molecule has 0 saturated carbocycles. The summed E-state index contributed by atoms with van der Waals surface area (Å²) in [6.45, 7) is 9.12. The SMILES string of the molecule is C=CCC1COC(CC=C)CN1. The van der Waals surface area contributed by atoms with Crippen molar-refractivity contribution in [1.82, 2.24) is 5.32 Å². The highest BCUT2D eigenvalue weighted by molar-refractivity contribution is 4.84. The Kier molecular flexibility index (Phi) is 4.05. The van der Waals surface area contributed by atoms with Crippen molar-refractivity contribution in [1.29, 1.82) is 0 Å². The van der Waals surface area contributed by atoms with E-state index < -0.39 is 0 Å². The zero-order chi connectivity index (χ0) is 8.81. The first-order valence-corrected chi connectivity index (χ1v) is 4.43. The third-order valence-corrected chi connectivity index (χ3v) is 2.05. The normalized spacial score (nSPS) is 29.7. The van der Waals surface area contributed by atoms with Crippen molar-refractivity contribution in [2.24, 2.45) is 0 Å². The summed E-state index contributed by atoms with van der Waals surface area (Å²) in [5, 5.41) is 3.41. The number of rotatable bonds is 4. The Hall–Kier alpha value is -0.600. The minimum absolute atomic E-state index is 0.323. The van der Waals surface area contributed by atoms with Crippen LogP contribution in [0.5, 0.6) is 0 Å². The van der Waals surface area contributed by atoms with E-state index >= 15 is 0 Å². The van der Waals surface area contributed by atoms with E-state index in [1.165, 1.54) is 0 Å². The Morgan fingerprint density at radius 1 is 1.33 bits per heavy atom. The molecular formula is C10H17NO. The molecule has 0 aliphatic carbocycles. The van der Waals surface area contributed by atoms with Gasteiger partial charge in [-0.15, -0.1) is 13.2 Å². The zero-order valence-electron chi connectivity index (χ0n) is 7.46. The molecule has 1 aliphatic heterocycles. The summed E-state index contributed by atoms with van der Waals surface area (Å²) in [4.78, 5) is 0. The average Bonchev–Trinajstić information content (AvgIpc) is 2.09. The first kappa shape index (κ1) is 9.49. The van der Waals surface area contributed by atoms with Crippen LogP contribution in [0.4, 0.5) is 0 Å². The van der Waals surface area contributed by atoms with Crippen molar-refractivity contribution < 1.29 is 4.74 Å². The van der Waals surface area contributed by atoms with Gasteiger partial charge in [-0.1, -0.05) is 12.2 Å². The standard InChI is InChI=1S/C10H17NO/c1-3-5-9-8-12-10(6-4-2)7-11-9/h3-4,9-11H,1-2,5-8H2. The Balaban J connectivity index is 2.19. The van der Waals surface area contributed by atoms with Crippen LogP contribution in [-0.4, -0.2) is 25.3 Å². The highest BCUT2D eigenvalue weighted by Crippen LogP contribution is 2.07. The molecule has 0 aromatic heterocycles.